The third-order valence-electron chi connectivity index (χ3n) is 2.84. The first kappa shape index (κ1) is 13.5. The van der Waals surface area contributed by atoms with Crippen LogP contribution in [0.5, 0.6) is 0 Å². The zero-order valence-electron chi connectivity index (χ0n) is 10.7. The van der Waals surface area contributed by atoms with Gasteiger partial charge in [-0.15, -0.1) is 0 Å². The molecular weight excluding hydrogens is 258 g/mol. The number of H-pyrrole nitrogens is 1. The SMILES string of the molecule is CC(=O)c1c[nH]c(=O)n(Cc2cccc(C#N)c2)c1=O. The number of nitriles is 1. The quantitative estimate of drug-likeness (QED) is 0.828. The number of ketones is 1. The van der Waals surface area contributed by atoms with Crippen LogP contribution in [0.25, 0.3) is 0 Å². The summed E-state index contributed by atoms with van der Waals surface area (Å²) in [5.41, 5.74) is -0.223. The second-order valence-corrected chi connectivity index (χ2v) is 4.27. The minimum Gasteiger partial charge on any atom is -0.313 e. The van der Waals surface area contributed by atoms with Crippen LogP contribution in [-0.2, 0) is 6.54 Å². The van der Waals surface area contributed by atoms with Gasteiger partial charge in [0.05, 0.1) is 23.7 Å². The van der Waals surface area contributed by atoms with Crippen molar-refractivity contribution in [2.75, 3.05) is 0 Å². The molecule has 0 fully saturated rings. The van der Waals surface area contributed by atoms with Gasteiger partial charge in [-0.25, -0.2) is 4.79 Å². The van der Waals surface area contributed by atoms with Gasteiger partial charge in [-0.1, -0.05) is 12.1 Å². The lowest BCUT2D eigenvalue weighted by Gasteiger charge is -2.06. The first-order valence-electron chi connectivity index (χ1n) is 5.85. The molecule has 2 aromatic rings. The molecule has 0 aliphatic rings. The predicted octanol–water partition coefficient (Wildman–Crippen LogP) is 0.659. The van der Waals surface area contributed by atoms with Crippen molar-refractivity contribution in [1.82, 2.24) is 9.55 Å². The van der Waals surface area contributed by atoms with E-state index in [9.17, 15) is 14.4 Å². The Labute approximate surface area is 113 Å². The fourth-order valence-electron chi connectivity index (χ4n) is 1.83. The Morgan fingerprint density at radius 1 is 1.40 bits per heavy atom. The van der Waals surface area contributed by atoms with E-state index < -0.39 is 17.0 Å². The van der Waals surface area contributed by atoms with E-state index in [1.54, 1.807) is 24.3 Å². The highest BCUT2D eigenvalue weighted by Gasteiger charge is 2.11. The van der Waals surface area contributed by atoms with E-state index in [1.165, 1.54) is 6.92 Å². The first-order valence-corrected chi connectivity index (χ1v) is 5.85. The number of carbonyl (C=O) groups is 1. The van der Waals surface area contributed by atoms with E-state index in [0.717, 1.165) is 10.8 Å². The third kappa shape index (κ3) is 2.57. The second kappa shape index (κ2) is 5.36. The molecule has 6 nitrogen and oxygen atoms in total. The Kier molecular flexibility index (Phi) is 3.62. The summed E-state index contributed by atoms with van der Waals surface area (Å²) in [6.07, 6.45) is 1.12. The lowest BCUT2D eigenvalue weighted by atomic mass is 10.1. The Hall–Kier alpha value is -2.94. The number of Topliss-reactive ketones (excluding diaryl/α,β-unsaturated/α-hetero) is 1. The maximum absolute atomic E-state index is 12.0. The molecule has 1 aromatic carbocycles. The number of rotatable bonds is 3. The molecule has 0 amide bonds. The van der Waals surface area contributed by atoms with Gasteiger partial charge in [-0.3, -0.25) is 14.2 Å². The second-order valence-electron chi connectivity index (χ2n) is 4.27. The van der Waals surface area contributed by atoms with Gasteiger partial charge >= 0.3 is 5.69 Å². The minimum absolute atomic E-state index is 0.00477. The maximum atomic E-state index is 12.0. The van der Waals surface area contributed by atoms with Crippen LogP contribution in [0.3, 0.4) is 0 Å². The van der Waals surface area contributed by atoms with Crippen molar-refractivity contribution in [3.8, 4) is 6.07 Å². The summed E-state index contributed by atoms with van der Waals surface area (Å²) in [6, 6.07) is 8.57. The van der Waals surface area contributed by atoms with Gasteiger partial charge in [-0.2, -0.15) is 5.26 Å². The van der Waals surface area contributed by atoms with Crippen LogP contribution >= 0.6 is 0 Å². The average Bonchev–Trinajstić information content (AvgIpc) is 2.43. The van der Waals surface area contributed by atoms with Gasteiger partial charge < -0.3 is 4.98 Å². The molecule has 2 rings (SSSR count). The lowest BCUT2D eigenvalue weighted by Crippen LogP contribution is -2.38. The summed E-state index contributed by atoms with van der Waals surface area (Å²) in [7, 11) is 0. The molecule has 1 N–H and O–H groups in total. The van der Waals surface area contributed by atoms with Gasteiger partial charge in [0.15, 0.2) is 5.78 Å². The summed E-state index contributed by atoms with van der Waals surface area (Å²) in [5.74, 6) is -0.411. The molecule has 100 valence electrons. The number of nitrogens with zero attached hydrogens (tertiary/aromatic N) is 2. The molecule has 0 spiro atoms. The van der Waals surface area contributed by atoms with Crippen LogP contribution in [0, 0.1) is 11.3 Å². The Balaban J connectivity index is 2.51. The van der Waals surface area contributed by atoms with Crippen molar-refractivity contribution < 1.29 is 4.79 Å². The molecule has 0 saturated heterocycles. The van der Waals surface area contributed by atoms with Crippen LogP contribution in [0.15, 0.2) is 40.1 Å². The smallest absolute Gasteiger partial charge is 0.313 e. The molecule has 0 aliphatic carbocycles. The Morgan fingerprint density at radius 2 is 2.15 bits per heavy atom. The van der Waals surface area contributed by atoms with Crippen molar-refractivity contribution in [2.45, 2.75) is 13.5 Å². The largest absolute Gasteiger partial charge is 0.328 e. The summed E-state index contributed by atoms with van der Waals surface area (Å²) in [5, 5.41) is 8.82. The number of carbonyl (C=O) groups excluding carboxylic acids is 1. The van der Waals surface area contributed by atoms with E-state index in [1.807, 2.05) is 6.07 Å². The fourth-order valence-corrected chi connectivity index (χ4v) is 1.83. The summed E-state index contributed by atoms with van der Waals surface area (Å²) < 4.78 is 0.938. The standard InChI is InChI=1S/C14H11N3O3/c1-9(18)12-7-16-14(20)17(13(12)19)8-11-4-2-3-10(5-11)6-15/h2-5,7H,8H2,1H3,(H,16,20). The predicted molar refractivity (Wildman–Crippen MR) is 71.6 cm³/mol. The van der Waals surface area contributed by atoms with Crippen molar-refractivity contribution in [2.24, 2.45) is 0 Å². The number of hydrogen-bond acceptors (Lipinski definition) is 4. The zero-order chi connectivity index (χ0) is 14.7. The van der Waals surface area contributed by atoms with Gasteiger partial charge in [0, 0.05) is 6.20 Å². The highest BCUT2D eigenvalue weighted by molar-refractivity contribution is 5.93. The minimum atomic E-state index is -0.636. The summed E-state index contributed by atoms with van der Waals surface area (Å²) in [6.45, 7) is 1.26. The molecular formula is C14H11N3O3. The van der Waals surface area contributed by atoms with Crippen molar-refractivity contribution in [3.63, 3.8) is 0 Å². The van der Waals surface area contributed by atoms with Crippen LogP contribution < -0.4 is 11.2 Å². The number of aromatic amines is 1. The average molecular weight is 269 g/mol. The van der Waals surface area contributed by atoms with Gasteiger partial charge in [0.1, 0.15) is 0 Å². The van der Waals surface area contributed by atoms with Gasteiger partial charge in [-0.05, 0) is 24.6 Å². The molecule has 0 saturated carbocycles. The topological polar surface area (TPSA) is 95.7 Å². The van der Waals surface area contributed by atoms with E-state index >= 15 is 0 Å². The first-order chi connectivity index (χ1) is 9.52. The number of aromatic nitrogens is 2. The third-order valence-corrected chi connectivity index (χ3v) is 2.84. The van der Waals surface area contributed by atoms with E-state index in [2.05, 4.69) is 4.98 Å². The number of benzene rings is 1. The molecule has 1 aromatic heterocycles. The molecule has 0 atom stereocenters. The highest BCUT2D eigenvalue weighted by atomic mass is 16.2. The molecule has 0 unspecified atom stereocenters. The molecule has 0 bridgehead atoms. The summed E-state index contributed by atoms with van der Waals surface area (Å²) in [4.78, 5) is 37.4. The molecule has 0 aliphatic heterocycles. The normalized spacial score (nSPS) is 10.0. The molecule has 0 radical (unpaired) electrons. The fraction of sp³-hybridized carbons (Fsp3) is 0.143. The molecule has 1 heterocycles. The van der Waals surface area contributed by atoms with Crippen molar-refractivity contribution in [1.29, 1.82) is 5.26 Å². The van der Waals surface area contributed by atoms with Crippen LogP contribution in [0.2, 0.25) is 0 Å². The highest BCUT2D eigenvalue weighted by Crippen LogP contribution is 2.04. The van der Waals surface area contributed by atoms with Crippen LogP contribution in [0.1, 0.15) is 28.4 Å². The van der Waals surface area contributed by atoms with Crippen molar-refractivity contribution in [3.05, 3.63) is 68.0 Å². The summed E-state index contributed by atoms with van der Waals surface area (Å²) >= 11 is 0. The van der Waals surface area contributed by atoms with E-state index in [4.69, 9.17) is 5.26 Å². The van der Waals surface area contributed by atoms with E-state index in [0.29, 0.717) is 11.1 Å². The number of hydrogen-bond donors (Lipinski definition) is 1. The van der Waals surface area contributed by atoms with E-state index in [-0.39, 0.29) is 12.1 Å². The van der Waals surface area contributed by atoms with Gasteiger partial charge in [0.2, 0.25) is 0 Å². The molecule has 20 heavy (non-hydrogen) atoms. The lowest BCUT2D eigenvalue weighted by molar-refractivity contribution is 0.101. The zero-order valence-corrected chi connectivity index (χ0v) is 10.7. The number of nitrogens with one attached hydrogen (secondary N) is 1. The van der Waals surface area contributed by atoms with Crippen molar-refractivity contribution >= 4 is 5.78 Å². The molecule has 6 heteroatoms. The van der Waals surface area contributed by atoms with Crippen LogP contribution in [-0.4, -0.2) is 15.3 Å². The Bertz CT molecular complexity index is 825. The Morgan fingerprint density at radius 3 is 2.80 bits per heavy atom. The monoisotopic (exact) mass is 269 g/mol. The van der Waals surface area contributed by atoms with Gasteiger partial charge in [0.25, 0.3) is 5.56 Å². The maximum Gasteiger partial charge on any atom is 0.328 e. The van der Waals surface area contributed by atoms with Crippen LogP contribution in [0.4, 0.5) is 0 Å².